The fourth-order valence-corrected chi connectivity index (χ4v) is 4.11. The second-order valence-corrected chi connectivity index (χ2v) is 10.1. The molecule has 198 valence electrons. The average Bonchev–Trinajstić information content (AvgIpc) is 3.38. The van der Waals surface area contributed by atoms with Crippen LogP contribution in [0, 0.1) is 24.1 Å². The lowest BCUT2D eigenvalue weighted by Gasteiger charge is -2.24. The van der Waals surface area contributed by atoms with E-state index in [1.165, 1.54) is 17.0 Å². The summed E-state index contributed by atoms with van der Waals surface area (Å²) >= 11 is 0. The van der Waals surface area contributed by atoms with Gasteiger partial charge in [0.25, 0.3) is 0 Å². The average molecular weight is 519 g/mol. The number of rotatable bonds is 7. The summed E-state index contributed by atoms with van der Waals surface area (Å²) in [5.74, 6) is -0.0284. The topological polar surface area (TPSA) is 97.7 Å². The number of nitriles is 1. The summed E-state index contributed by atoms with van der Waals surface area (Å²) in [5, 5.41) is 13.6. The Labute approximate surface area is 221 Å². The Morgan fingerprint density at radius 3 is 2.71 bits per heavy atom. The molecule has 0 atom stereocenters. The molecule has 0 aliphatic carbocycles. The SMILES string of the molecule is Cc1c(CCOc2cc(F)ccc2-c2ccc3ncc(CN(C)C(=O)OC(C)(C)C)n3c2)c(C#N)nn1C. The van der Waals surface area contributed by atoms with E-state index in [1.807, 2.05) is 50.4 Å². The van der Waals surface area contributed by atoms with E-state index in [4.69, 9.17) is 9.47 Å². The molecule has 0 saturated heterocycles. The molecule has 3 heterocycles. The number of carbonyl (C=O) groups excluding carboxylic acids is 1. The van der Waals surface area contributed by atoms with Gasteiger partial charge in [-0.05, 0) is 52.0 Å². The number of benzene rings is 1. The van der Waals surface area contributed by atoms with Crippen LogP contribution in [0.5, 0.6) is 5.75 Å². The van der Waals surface area contributed by atoms with E-state index < -0.39 is 17.5 Å². The van der Waals surface area contributed by atoms with E-state index in [0.29, 0.717) is 29.1 Å². The van der Waals surface area contributed by atoms with E-state index in [0.717, 1.165) is 22.5 Å². The Morgan fingerprint density at radius 1 is 1.24 bits per heavy atom. The van der Waals surface area contributed by atoms with Crippen molar-refractivity contribution in [2.24, 2.45) is 7.05 Å². The van der Waals surface area contributed by atoms with E-state index in [2.05, 4.69) is 16.2 Å². The van der Waals surface area contributed by atoms with Crippen LogP contribution in [0.2, 0.25) is 0 Å². The molecule has 10 heteroatoms. The molecular weight excluding hydrogens is 487 g/mol. The molecule has 38 heavy (non-hydrogen) atoms. The van der Waals surface area contributed by atoms with Crippen molar-refractivity contribution in [3.05, 3.63) is 71.2 Å². The molecule has 0 bridgehead atoms. The Bertz CT molecular complexity index is 1530. The number of imidazole rings is 1. The van der Waals surface area contributed by atoms with Crippen LogP contribution >= 0.6 is 0 Å². The Morgan fingerprint density at radius 2 is 2.00 bits per heavy atom. The molecule has 0 aliphatic heterocycles. The number of aromatic nitrogens is 4. The van der Waals surface area contributed by atoms with Crippen molar-refractivity contribution < 1.29 is 18.7 Å². The highest BCUT2D eigenvalue weighted by molar-refractivity contribution is 5.71. The van der Waals surface area contributed by atoms with Crippen molar-refractivity contribution in [1.82, 2.24) is 24.1 Å². The van der Waals surface area contributed by atoms with Crippen LogP contribution in [0.25, 0.3) is 16.8 Å². The van der Waals surface area contributed by atoms with Crippen LogP contribution in [0.1, 0.15) is 43.4 Å². The Hall–Kier alpha value is -4.39. The molecule has 1 amide bonds. The number of hydrogen-bond donors (Lipinski definition) is 0. The molecule has 0 spiro atoms. The lowest BCUT2D eigenvalue weighted by molar-refractivity contribution is 0.0283. The van der Waals surface area contributed by atoms with E-state index in [-0.39, 0.29) is 13.2 Å². The van der Waals surface area contributed by atoms with Crippen molar-refractivity contribution in [1.29, 1.82) is 5.26 Å². The van der Waals surface area contributed by atoms with Crippen molar-refractivity contribution >= 4 is 11.7 Å². The number of hydrogen-bond acceptors (Lipinski definition) is 6. The fourth-order valence-electron chi connectivity index (χ4n) is 4.11. The third-order valence-corrected chi connectivity index (χ3v) is 6.11. The summed E-state index contributed by atoms with van der Waals surface area (Å²) in [5.41, 5.74) is 4.47. The first-order valence-corrected chi connectivity index (χ1v) is 12.2. The summed E-state index contributed by atoms with van der Waals surface area (Å²) in [7, 11) is 3.46. The van der Waals surface area contributed by atoms with Gasteiger partial charge in [0, 0.05) is 55.2 Å². The van der Waals surface area contributed by atoms with Crippen LogP contribution in [0.3, 0.4) is 0 Å². The largest absolute Gasteiger partial charge is 0.492 e. The van der Waals surface area contributed by atoms with Crippen molar-refractivity contribution in [3.63, 3.8) is 0 Å². The maximum atomic E-state index is 14.2. The van der Waals surface area contributed by atoms with Gasteiger partial charge in [-0.25, -0.2) is 14.2 Å². The smallest absolute Gasteiger partial charge is 0.410 e. The van der Waals surface area contributed by atoms with E-state index >= 15 is 0 Å². The lowest BCUT2D eigenvalue weighted by atomic mass is 10.1. The highest BCUT2D eigenvalue weighted by atomic mass is 19.1. The minimum atomic E-state index is -0.594. The zero-order valence-corrected chi connectivity index (χ0v) is 22.4. The van der Waals surface area contributed by atoms with Crippen LogP contribution < -0.4 is 4.74 Å². The van der Waals surface area contributed by atoms with Gasteiger partial charge in [0.15, 0.2) is 5.69 Å². The predicted octanol–water partition coefficient (Wildman–Crippen LogP) is 5.04. The number of halogens is 1. The summed E-state index contributed by atoms with van der Waals surface area (Å²) in [6, 6.07) is 10.3. The number of fused-ring (bicyclic) bond motifs is 1. The standard InChI is InChI=1S/C28H31FN6O3/c1-18-22(24(14-30)32-34(18)6)11-12-37-25-13-20(29)8-9-23(25)19-7-10-26-31-15-21(35(26)16-19)17-33(5)27(36)38-28(2,3)4/h7-10,13,15-16H,11-12,17H2,1-6H3. The third kappa shape index (κ3) is 5.78. The lowest BCUT2D eigenvalue weighted by Crippen LogP contribution is -2.34. The number of ether oxygens (including phenoxy) is 2. The molecule has 1 aromatic carbocycles. The normalized spacial score (nSPS) is 11.4. The van der Waals surface area contributed by atoms with Gasteiger partial charge in [-0.15, -0.1) is 0 Å². The highest BCUT2D eigenvalue weighted by Crippen LogP contribution is 2.32. The van der Waals surface area contributed by atoms with Gasteiger partial charge in [0.05, 0.1) is 25.0 Å². The van der Waals surface area contributed by atoms with Gasteiger partial charge in [-0.2, -0.15) is 10.4 Å². The van der Waals surface area contributed by atoms with E-state index in [1.54, 1.807) is 31.0 Å². The Balaban J connectivity index is 1.58. The van der Waals surface area contributed by atoms with Gasteiger partial charge < -0.3 is 18.8 Å². The van der Waals surface area contributed by atoms with Crippen LogP contribution in [-0.4, -0.2) is 49.4 Å². The van der Waals surface area contributed by atoms with Crippen LogP contribution in [-0.2, 0) is 24.8 Å². The number of amides is 1. The molecule has 0 saturated carbocycles. The van der Waals surface area contributed by atoms with Gasteiger partial charge in [-0.1, -0.05) is 0 Å². The molecule has 0 unspecified atom stereocenters. The van der Waals surface area contributed by atoms with Gasteiger partial charge >= 0.3 is 6.09 Å². The summed E-state index contributed by atoms with van der Waals surface area (Å²) < 4.78 is 29.2. The molecule has 0 fully saturated rings. The summed E-state index contributed by atoms with van der Waals surface area (Å²) in [6.45, 7) is 7.90. The summed E-state index contributed by atoms with van der Waals surface area (Å²) in [6.07, 6.45) is 3.63. The number of carbonyl (C=O) groups is 1. The molecule has 4 aromatic rings. The molecule has 0 N–H and O–H groups in total. The monoisotopic (exact) mass is 518 g/mol. The second kappa shape index (κ2) is 10.5. The second-order valence-electron chi connectivity index (χ2n) is 10.1. The first-order valence-electron chi connectivity index (χ1n) is 12.2. The summed E-state index contributed by atoms with van der Waals surface area (Å²) in [4.78, 5) is 18.4. The number of nitrogens with zero attached hydrogens (tertiary/aromatic N) is 6. The molecule has 9 nitrogen and oxygen atoms in total. The molecule has 0 aliphatic rings. The van der Waals surface area contributed by atoms with Gasteiger partial charge in [0.2, 0.25) is 0 Å². The minimum Gasteiger partial charge on any atom is -0.492 e. The molecule has 0 radical (unpaired) electrons. The predicted molar refractivity (Wildman–Crippen MR) is 140 cm³/mol. The molecular formula is C28H31FN6O3. The minimum absolute atomic E-state index is 0.247. The maximum Gasteiger partial charge on any atom is 0.410 e. The fraction of sp³-hybridized carbons (Fsp3) is 0.357. The maximum absolute atomic E-state index is 14.2. The number of aryl methyl sites for hydroxylation is 1. The Kier molecular flexibility index (Phi) is 7.39. The van der Waals surface area contributed by atoms with E-state index in [9.17, 15) is 14.4 Å². The first kappa shape index (κ1) is 26.7. The highest BCUT2D eigenvalue weighted by Gasteiger charge is 2.21. The zero-order chi connectivity index (χ0) is 27.6. The third-order valence-electron chi connectivity index (χ3n) is 6.11. The van der Waals surface area contributed by atoms with Crippen LogP contribution in [0.4, 0.5) is 9.18 Å². The number of pyridine rings is 1. The first-order chi connectivity index (χ1) is 18.0. The van der Waals surface area contributed by atoms with Crippen LogP contribution in [0.15, 0.2) is 42.7 Å². The molecule has 4 rings (SSSR count). The van der Waals surface area contributed by atoms with Crippen molar-refractivity contribution in [2.45, 2.75) is 46.3 Å². The van der Waals surface area contributed by atoms with Crippen molar-refractivity contribution in [2.75, 3.05) is 13.7 Å². The molecule has 3 aromatic heterocycles. The van der Waals surface area contributed by atoms with Crippen molar-refractivity contribution in [3.8, 4) is 22.9 Å². The zero-order valence-electron chi connectivity index (χ0n) is 22.4. The quantitative estimate of drug-likeness (QED) is 0.340. The van der Waals surface area contributed by atoms with Gasteiger partial charge in [-0.3, -0.25) is 4.68 Å². The van der Waals surface area contributed by atoms with Gasteiger partial charge in [0.1, 0.15) is 28.9 Å².